The molecule has 11 nitrogen and oxygen atoms in total. The first-order chi connectivity index (χ1) is 17.1. The van der Waals surface area contributed by atoms with Crippen LogP contribution in [0.1, 0.15) is 42.2 Å². The molecule has 11 heteroatoms. The number of phenolic OH excluding ortho intramolecular Hbond substituents is 1. The van der Waals surface area contributed by atoms with Crippen LogP contribution in [0.15, 0.2) is 58.1 Å². The molecule has 0 radical (unpaired) electrons. The molecule has 2 atom stereocenters. The van der Waals surface area contributed by atoms with Crippen molar-refractivity contribution in [3.05, 3.63) is 80.4 Å². The van der Waals surface area contributed by atoms with Gasteiger partial charge in [-0.3, -0.25) is 29.4 Å². The van der Waals surface area contributed by atoms with Crippen LogP contribution in [-0.2, 0) is 4.79 Å². The number of aromatic hydroxyl groups is 1. The molecule has 0 aliphatic carbocycles. The smallest absolute Gasteiger partial charge is 0.288 e. The summed E-state index contributed by atoms with van der Waals surface area (Å²) >= 11 is 0. The fraction of sp³-hybridized carbons (Fsp3) is 0.280. The zero-order valence-electron chi connectivity index (χ0n) is 20.5. The molecule has 36 heavy (non-hydrogen) atoms. The summed E-state index contributed by atoms with van der Waals surface area (Å²) in [7, 11) is 3.08. The molecule has 6 N–H and O–H groups in total. The maximum atomic E-state index is 13.0. The van der Waals surface area contributed by atoms with E-state index in [2.05, 4.69) is 26.1 Å². The number of rotatable bonds is 9. The first-order valence-corrected chi connectivity index (χ1v) is 11.4. The third kappa shape index (κ3) is 5.74. The summed E-state index contributed by atoms with van der Waals surface area (Å²) in [6, 6.07) is 12.7. The molecule has 0 fully saturated rings. The van der Waals surface area contributed by atoms with Gasteiger partial charge in [0.1, 0.15) is 17.4 Å². The second-order valence-electron chi connectivity index (χ2n) is 8.43. The van der Waals surface area contributed by atoms with Gasteiger partial charge in [-0.25, -0.2) is 0 Å². The zero-order valence-corrected chi connectivity index (χ0v) is 20.5. The van der Waals surface area contributed by atoms with Crippen LogP contribution in [0.25, 0.3) is 0 Å². The normalized spacial score (nSPS) is 12.3. The molecular formula is C25H30N6O5. The van der Waals surface area contributed by atoms with Crippen LogP contribution in [0.3, 0.4) is 0 Å². The van der Waals surface area contributed by atoms with Gasteiger partial charge in [-0.2, -0.15) is 0 Å². The molecule has 0 saturated carbocycles. The van der Waals surface area contributed by atoms with Gasteiger partial charge in [0.2, 0.25) is 5.91 Å². The number of hydrogen-bond donors (Lipinski definition) is 6. The fourth-order valence-corrected chi connectivity index (χ4v) is 3.58. The van der Waals surface area contributed by atoms with E-state index in [-0.39, 0.29) is 40.3 Å². The Hall–Kier alpha value is -4.54. The van der Waals surface area contributed by atoms with E-state index in [4.69, 9.17) is 0 Å². The Morgan fingerprint density at radius 2 is 1.61 bits per heavy atom. The Bertz CT molecular complexity index is 1350. The molecular weight excluding hydrogens is 464 g/mol. The van der Waals surface area contributed by atoms with Crippen LogP contribution < -0.4 is 27.1 Å². The number of hydrogen-bond acceptors (Lipinski definition) is 7. The van der Waals surface area contributed by atoms with Gasteiger partial charge in [-0.15, -0.1) is 0 Å². The van der Waals surface area contributed by atoms with Crippen LogP contribution in [0, 0.1) is 0 Å². The van der Waals surface area contributed by atoms with E-state index < -0.39 is 23.1 Å². The first-order valence-electron chi connectivity index (χ1n) is 11.4. The number of aromatic nitrogens is 2. The van der Waals surface area contributed by atoms with Crippen molar-refractivity contribution in [1.29, 1.82) is 0 Å². The van der Waals surface area contributed by atoms with Crippen LogP contribution in [-0.4, -0.2) is 52.2 Å². The highest BCUT2D eigenvalue weighted by atomic mass is 16.3. The lowest BCUT2D eigenvalue weighted by Crippen LogP contribution is -2.42. The maximum Gasteiger partial charge on any atom is 0.288 e. The summed E-state index contributed by atoms with van der Waals surface area (Å²) in [5.41, 5.74) is -0.811. The molecule has 3 aromatic rings. The quantitative estimate of drug-likeness (QED) is 0.249. The molecule has 1 aromatic heterocycles. The van der Waals surface area contributed by atoms with E-state index >= 15 is 0 Å². The second-order valence-corrected chi connectivity index (χ2v) is 8.43. The third-order valence-electron chi connectivity index (χ3n) is 5.63. The van der Waals surface area contributed by atoms with Crippen LogP contribution >= 0.6 is 0 Å². The van der Waals surface area contributed by atoms with Crippen molar-refractivity contribution in [3.8, 4) is 5.75 Å². The Balaban J connectivity index is 1.91. The number of para-hydroxylation sites is 1. The number of anilines is 3. The van der Waals surface area contributed by atoms with E-state index in [0.29, 0.717) is 6.42 Å². The van der Waals surface area contributed by atoms with Gasteiger partial charge >= 0.3 is 0 Å². The summed E-state index contributed by atoms with van der Waals surface area (Å²) in [5, 5.41) is 23.6. The number of phenols is 1. The molecule has 190 valence electrons. The molecule has 0 aliphatic heterocycles. The molecule has 2 aromatic carbocycles. The third-order valence-corrected chi connectivity index (χ3v) is 5.63. The van der Waals surface area contributed by atoms with E-state index in [0.717, 1.165) is 5.56 Å². The number of carbonyl (C=O) groups is 2. The molecule has 0 saturated heterocycles. The van der Waals surface area contributed by atoms with Crippen molar-refractivity contribution in [3.63, 3.8) is 0 Å². The van der Waals surface area contributed by atoms with Crippen molar-refractivity contribution in [1.82, 2.24) is 20.4 Å². The Morgan fingerprint density at radius 3 is 2.22 bits per heavy atom. The molecule has 0 spiro atoms. The molecule has 2 amide bonds. The highest BCUT2D eigenvalue weighted by Crippen LogP contribution is 2.31. The predicted octanol–water partition coefficient (Wildman–Crippen LogP) is 2.28. The topological polar surface area (TPSA) is 159 Å². The summed E-state index contributed by atoms with van der Waals surface area (Å²) in [6.07, 6.45) is 0.317. The van der Waals surface area contributed by atoms with Gasteiger partial charge < -0.3 is 26.0 Å². The van der Waals surface area contributed by atoms with Gasteiger partial charge in [-0.1, -0.05) is 43.3 Å². The molecule has 3 rings (SSSR count). The molecule has 2 unspecified atom stereocenters. The zero-order chi connectivity index (χ0) is 26.4. The molecule has 1 heterocycles. The average molecular weight is 495 g/mol. The van der Waals surface area contributed by atoms with Gasteiger partial charge in [-0.05, 0) is 31.0 Å². The number of amides is 2. The van der Waals surface area contributed by atoms with Gasteiger partial charge in [0, 0.05) is 14.1 Å². The van der Waals surface area contributed by atoms with Gasteiger partial charge in [0.25, 0.3) is 17.0 Å². The van der Waals surface area contributed by atoms with Crippen LogP contribution in [0.2, 0.25) is 0 Å². The SMILES string of the molecule is CCC(Nc1c(Nc2cccc(C(=O)N(C)C)c2O)c(=O)[nH][nH]c1=O)C(=O)NC(C)c1ccccc1. The predicted molar refractivity (Wildman–Crippen MR) is 138 cm³/mol. The Labute approximate surface area is 207 Å². The van der Waals surface area contributed by atoms with E-state index in [1.54, 1.807) is 21.0 Å². The minimum absolute atomic E-state index is 0.0153. The van der Waals surface area contributed by atoms with E-state index in [9.17, 15) is 24.3 Å². The summed E-state index contributed by atoms with van der Waals surface area (Å²) < 4.78 is 0. The first kappa shape index (κ1) is 26.1. The Morgan fingerprint density at radius 1 is 0.972 bits per heavy atom. The second kappa shape index (κ2) is 11.3. The monoisotopic (exact) mass is 494 g/mol. The lowest BCUT2D eigenvalue weighted by Gasteiger charge is -2.22. The largest absolute Gasteiger partial charge is 0.505 e. The van der Waals surface area contributed by atoms with Gasteiger partial charge in [0.05, 0.1) is 17.3 Å². The van der Waals surface area contributed by atoms with E-state index in [1.165, 1.54) is 23.1 Å². The standard InChI is InChI=1S/C25H30N6O5/c1-5-17(22(33)26-14(2)15-10-7-6-8-11-15)27-19-20(24(35)30-29-23(19)34)28-18-13-9-12-16(21(18)32)25(36)31(3)4/h6-14,17,32H,5H2,1-4H3,(H,26,33)(H2,27,30,35)(H2,28,29,34). The highest BCUT2D eigenvalue weighted by molar-refractivity contribution is 5.99. The molecule has 0 bridgehead atoms. The number of carbonyl (C=O) groups excluding carboxylic acids is 2. The van der Waals surface area contributed by atoms with Gasteiger partial charge in [0.15, 0.2) is 5.75 Å². The van der Waals surface area contributed by atoms with Crippen molar-refractivity contribution >= 4 is 28.9 Å². The fourth-order valence-electron chi connectivity index (χ4n) is 3.58. The lowest BCUT2D eigenvalue weighted by molar-refractivity contribution is -0.122. The maximum absolute atomic E-state index is 13.0. The van der Waals surface area contributed by atoms with Crippen molar-refractivity contribution < 1.29 is 14.7 Å². The van der Waals surface area contributed by atoms with Crippen molar-refractivity contribution in [2.24, 2.45) is 0 Å². The number of nitrogens with zero attached hydrogens (tertiary/aromatic N) is 1. The summed E-state index contributed by atoms with van der Waals surface area (Å²) in [6.45, 7) is 3.61. The van der Waals surface area contributed by atoms with Crippen LogP contribution in [0.5, 0.6) is 5.75 Å². The van der Waals surface area contributed by atoms with E-state index in [1.807, 2.05) is 37.3 Å². The summed E-state index contributed by atoms with van der Waals surface area (Å²) in [4.78, 5) is 52.0. The lowest BCUT2D eigenvalue weighted by atomic mass is 10.1. The number of H-pyrrole nitrogens is 2. The minimum Gasteiger partial charge on any atom is -0.505 e. The molecule has 0 aliphatic rings. The Kier molecular flexibility index (Phi) is 8.15. The highest BCUT2D eigenvalue weighted by Gasteiger charge is 2.24. The average Bonchev–Trinajstić information content (AvgIpc) is 2.87. The number of aromatic amines is 2. The minimum atomic E-state index is -0.838. The summed E-state index contributed by atoms with van der Waals surface area (Å²) in [5.74, 6) is -1.19. The number of benzene rings is 2. The van der Waals surface area contributed by atoms with Crippen LogP contribution in [0.4, 0.5) is 17.1 Å². The van der Waals surface area contributed by atoms with Crippen molar-refractivity contribution in [2.45, 2.75) is 32.4 Å². The van der Waals surface area contributed by atoms with Crippen molar-refractivity contribution in [2.75, 3.05) is 24.7 Å². The number of nitrogens with one attached hydrogen (secondary N) is 5.